The number of rotatable bonds is 12. The third kappa shape index (κ3) is 6.23. The molecular weight excluding hydrogens is 391 g/mol. The Bertz CT molecular complexity index is 814. The predicted molar refractivity (Wildman–Crippen MR) is 103 cm³/mol. The van der Waals surface area contributed by atoms with Crippen molar-refractivity contribution in [2.45, 2.75) is 26.8 Å². The summed E-state index contributed by atoms with van der Waals surface area (Å²) in [6, 6.07) is 2.15. The lowest BCUT2D eigenvalue weighted by Gasteiger charge is -2.24. The normalized spacial score (nSPS) is 12.0. The summed E-state index contributed by atoms with van der Waals surface area (Å²) in [6.07, 6.45) is 3.72. The maximum Gasteiger partial charge on any atom is 0.331 e. The van der Waals surface area contributed by atoms with Crippen LogP contribution in [-0.4, -0.2) is 63.4 Å². The summed E-state index contributed by atoms with van der Waals surface area (Å²) < 4.78 is 25.2. The largest absolute Gasteiger partial charge is 0.331 e. The average Bonchev–Trinajstić information content (AvgIpc) is 3.06. The lowest BCUT2D eigenvalue weighted by Crippen LogP contribution is -2.31. The lowest BCUT2D eigenvalue weighted by molar-refractivity contribution is 0.211. The molecule has 9 nitrogen and oxygen atoms in total. The monoisotopic (exact) mass is 414 g/mol. The summed E-state index contributed by atoms with van der Waals surface area (Å²) in [5.41, 5.74) is 1.21. The van der Waals surface area contributed by atoms with E-state index in [1.807, 2.05) is 4.57 Å². The molecule has 0 aliphatic heterocycles. The molecule has 27 heavy (non-hydrogen) atoms. The Hall–Kier alpha value is -1.56. The van der Waals surface area contributed by atoms with Crippen LogP contribution < -0.4 is 0 Å². The van der Waals surface area contributed by atoms with E-state index in [9.17, 15) is 4.57 Å². The van der Waals surface area contributed by atoms with E-state index in [1.165, 1.54) is 6.33 Å². The molecule has 0 radical (unpaired) electrons. The Labute approximate surface area is 163 Å². The topological polar surface area (TPSA) is 106 Å². The minimum absolute atomic E-state index is 0.277. The second kappa shape index (κ2) is 10.7. The van der Waals surface area contributed by atoms with E-state index in [0.717, 1.165) is 0 Å². The van der Waals surface area contributed by atoms with Crippen molar-refractivity contribution in [1.82, 2.24) is 24.4 Å². The van der Waals surface area contributed by atoms with E-state index < -0.39 is 7.60 Å². The summed E-state index contributed by atoms with van der Waals surface area (Å²) in [5, 5.41) is 9.22. The maximum absolute atomic E-state index is 12.7. The number of halogens is 1. The molecular formula is C16H24ClN6O3P. The van der Waals surface area contributed by atoms with Crippen molar-refractivity contribution < 1.29 is 13.6 Å². The van der Waals surface area contributed by atoms with Gasteiger partial charge in [-0.05, 0) is 13.8 Å². The molecule has 0 aliphatic rings. The van der Waals surface area contributed by atoms with Crippen molar-refractivity contribution in [3.8, 4) is 6.07 Å². The van der Waals surface area contributed by atoms with Gasteiger partial charge in [-0.1, -0.05) is 11.6 Å². The standard InChI is InChI=1S/C16H24ClN6O3P/c1-3-25-27(24,26-4-2)11-10-22(7-5-6-18)8-9-23-13-21-14-15(17)19-12-20-16(14)23/h12-13H,3-5,7-11H2,1-2H3. The molecule has 148 valence electrons. The van der Waals surface area contributed by atoms with Crippen LogP contribution in [0, 0.1) is 11.3 Å². The molecule has 0 aliphatic carbocycles. The number of aromatic nitrogens is 4. The fourth-order valence-electron chi connectivity index (χ4n) is 2.63. The summed E-state index contributed by atoms with van der Waals surface area (Å²) in [5.74, 6) is 0. The Morgan fingerprint density at radius 1 is 1.22 bits per heavy atom. The van der Waals surface area contributed by atoms with Gasteiger partial charge in [-0.15, -0.1) is 0 Å². The number of nitrogens with zero attached hydrogens (tertiary/aromatic N) is 6. The van der Waals surface area contributed by atoms with E-state index in [1.54, 1.807) is 20.2 Å². The van der Waals surface area contributed by atoms with Crippen molar-refractivity contribution in [2.75, 3.05) is 39.0 Å². The molecule has 2 rings (SSSR count). The molecule has 2 aromatic heterocycles. The van der Waals surface area contributed by atoms with Crippen molar-refractivity contribution >= 4 is 30.4 Å². The molecule has 0 saturated carbocycles. The Balaban J connectivity index is 2.02. The number of fused-ring (bicyclic) bond motifs is 1. The lowest BCUT2D eigenvalue weighted by atomic mass is 10.4. The second-order valence-electron chi connectivity index (χ2n) is 5.69. The molecule has 0 fully saturated rings. The molecule has 0 unspecified atom stereocenters. The van der Waals surface area contributed by atoms with Crippen LogP contribution in [0.1, 0.15) is 20.3 Å². The fourth-order valence-corrected chi connectivity index (χ4v) is 4.46. The van der Waals surface area contributed by atoms with Crippen LogP contribution >= 0.6 is 19.2 Å². The molecule has 2 aromatic rings. The zero-order valence-corrected chi connectivity index (χ0v) is 17.2. The number of hydrogen-bond acceptors (Lipinski definition) is 8. The van der Waals surface area contributed by atoms with Crippen LogP contribution in [0.4, 0.5) is 0 Å². The van der Waals surface area contributed by atoms with Gasteiger partial charge in [-0.3, -0.25) is 9.46 Å². The van der Waals surface area contributed by atoms with E-state index in [2.05, 4.69) is 25.9 Å². The van der Waals surface area contributed by atoms with Crippen molar-refractivity contribution in [1.29, 1.82) is 5.26 Å². The Morgan fingerprint density at radius 2 is 1.96 bits per heavy atom. The van der Waals surface area contributed by atoms with Gasteiger partial charge in [0.1, 0.15) is 11.8 Å². The van der Waals surface area contributed by atoms with Gasteiger partial charge in [0.05, 0.1) is 31.8 Å². The fraction of sp³-hybridized carbons (Fsp3) is 0.625. The summed E-state index contributed by atoms with van der Waals surface area (Å²) in [6.45, 7) is 6.54. The van der Waals surface area contributed by atoms with Crippen molar-refractivity contribution in [3.05, 3.63) is 17.8 Å². The SMILES string of the molecule is CCOP(=O)(CCN(CCC#N)CCn1cnc2c(Cl)ncnc21)OCC. The van der Waals surface area contributed by atoms with Crippen LogP contribution in [0.5, 0.6) is 0 Å². The van der Waals surface area contributed by atoms with Crippen molar-refractivity contribution in [2.24, 2.45) is 0 Å². The molecule has 0 N–H and O–H groups in total. The van der Waals surface area contributed by atoms with Gasteiger partial charge in [-0.25, -0.2) is 15.0 Å². The number of nitriles is 1. The zero-order chi connectivity index (χ0) is 19.7. The van der Waals surface area contributed by atoms with E-state index in [-0.39, 0.29) is 6.16 Å². The summed E-state index contributed by atoms with van der Waals surface area (Å²) in [4.78, 5) is 14.4. The van der Waals surface area contributed by atoms with Gasteiger partial charge in [-0.2, -0.15) is 5.26 Å². The minimum atomic E-state index is -3.12. The summed E-state index contributed by atoms with van der Waals surface area (Å²) >= 11 is 6.03. The number of imidazole rings is 1. The van der Waals surface area contributed by atoms with Crippen LogP contribution in [0.15, 0.2) is 12.7 Å². The van der Waals surface area contributed by atoms with E-state index in [0.29, 0.717) is 62.1 Å². The van der Waals surface area contributed by atoms with Gasteiger partial charge in [0.15, 0.2) is 10.8 Å². The van der Waals surface area contributed by atoms with Gasteiger partial charge in [0, 0.05) is 32.6 Å². The molecule has 0 saturated heterocycles. The van der Waals surface area contributed by atoms with Crippen LogP contribution in [-0.2, 0) is 20.2 Å². The first-order chi connectivity index (χ1) is 13.0. The Morgan fingerprint density at radius 3 is 2.63 bits per heavy atom. The first-order valence-electron chi connectivity index (χ1n) is 8.81. The van der Waals surface area contributed by atoms with Gasteiger partial charge >= 0.3 is 7.60 Å². The average molecular weight is 415 g/mol. The maximum atomic E-state index is 12.7. The highest BCUT2D eigenvalue weighted by atomic mass is 35.5. The minimum Gasteiger partial charge on any atom is -0.314 e. The molecule has 0 aromatic carbocycles. The highest BCUT2D eigenvalue weighted by molar-refractivity contribution is 7.53. The second-order valence-corrected chi connectivity index (χ2v) is 8.24. The van der Waals surface area contributed by atoms with Gasteiger partial charge < -0.3 is 13.6 Å². The molecule has 0 atom stereocenters. The molecule has 2 heterocycles. The van der Waals surface area contributed by atoms with Crippen LogP contribution in [0.2, 0.25) is 5.15 Å². The third-order valence-corrected chi connectivity index (χ3v) is 6.22. The first kappa shape index (κ1) is 21.7. The Kier molecular flexibility index (Phi) is 8.61. The van der Waals surface area contributed by atoms with E-state index >= 15 is 0 Å². The first-order valence-corrected chi connectivity index (χ1v) is 10.9. The smallest absolute Gasteiger partial charge is 0.314 e. The van der Waals surface area contributed by atoms with Gasteiger partial charge in [0.25, 0.3) is 0 Å². The zero-order valence-electron chi connectivity index (χ0n) is 15.5. The molecule has 0 amide bonds. The summed E-state index contributed by atoms with van der Waals surface area (Å²) in [7, 11) is -3.12. The molecule has 0 bridgehead atoms. The number of hydrogen-bond donors (Lipinski definition) is 0. The predicted octanol–water partition coefficient (Wildman–Crippen LogP) is 2.96. The molecule has 0 spiro atoms. The van der Waals surface area contributed by atoms with E-state index in [4.69, 9.17) is 25.9 Å². The quantitative estimate of drug-likeness (QED) is 0.385. The van der Waals surface area contributed by atoms with Gasteiger partial charge in [0.2, 0.25) is 0 Å². The highest BCUT2D eigenvalue weighted by Crippen LogP contribution is 2.47. The third-order valence-electron chi connectivity index (χ3n) is 3.90. The van der Waals surface area contributed by atoms with Crippen LogP contribution in [0.3, 0.4) is 0 Å². The van der Waals surface area contributed by atoms with Crippen LogP contribution in [0.25, 0.3) is 11.2 Å². The molecule has 11 heteroatoms. The van der Waals surface area contributed by atoms with Crippen molar-refractivity contribution in [3.63, 3.8) is 0 Å². The highest BCUT2D eigenvalue weighted by Gasteiger charge is 2.24.